The fraction of sp³-hybridized carbons (Fsp3) is 0.300. The number of ether oxygens (including phenoxy) is 1. The molecule has 5 heteroatoms. The predicted molar refractivity (Wildman–Crippen MR) is 98.4 cm³/mol. The van der Waals surface area contributed by atoms with Crippen LogP contribution in [0.2, 0.25) is 0 Å². The van der Waals surface area contributed by atoms with E-state index in [1.165, 1.54) is 0 Å². The molecule has 0 aliphatic rings. The third-order valence-corrected chi connectivity index (χ3v) is 4.24. The molecule has 0 spiro atoms. The summed E-state index contributed by atoms with van der Waals surface area (Å²) in [6.07, 6.45) is 0. The Morgan fingerprint density at radius 2 is 2.04 bits per heavy atom. The lowest BCUT2D eigenvalue weighted by molar-refractivity contribution is 0.0937. The number of carbonyl (C=O) groups is 1. The van der Waals surface area contributed by atoms with Gasteiger partial charge in [-0.2, -0.15) is 0 Å². The maximum atomic E-state index is 12.6. The van der Waals surface area contributed by atoms with Crippen molar-refractivity contribution in [1.82, 2.24) is 14.9 Å². The fourth-order valence-corrected chi connectivity index (χ4v) is 3.07. The van der Waals surface area contributed by atoms with E-state index in [9.17, 15) is 4.79 Å². The van der Waals surface area contributed by atoms with E-state index >= 15 is 0 Å². The molecule has 25 heavy (non-hydrogen) atoms. The van der Waals surface area contributed by atoms with Gasteiger partial charge in [-0.25, -0.2) is 4.98 Å². The number of fused-ring (bicyclic) bond motifs is 1. The molecule has 130 valence electrons. The number of hydrogen-bond donors (Lipinski definition) is 1. The van der Waals surface area contributed by atoms with E-state index in [-0.39, 0.29) is 11.9 Å². The first kappa shape index (κ1) is 17.2. The Bertz CT molecular complexity index is 886. The number of hydrogen-bond acceptors (Lipinski definition) is 3. The average molecular weight is 337 g/mol. The number of imidazole rings is 1. The Balaban J connectivity index is 1.83. The van der Waals surface area contributed by atoms with Crippen molar-refractivity contribution in [2.45, 2.75) is 33.0 Å². The molecule has 5 nitrogen and oxygen atoms in total. The Morgan fingerprint density at radius 1 is 1.24 bits per heavy atom. The number of para-hydroxylation sites is 2. The Kier molecular flexibility index (Phi) is 5.14. The highest BCUT2D eigenvalue weighted by molar-refractivity contribution is 5.94. The van der Waals surface area contributed by atoms with E-state index in [0.717, 1.165) is 29.0 Å². The molecule has 1 heterocycles. The Morgan fingerprint density at radius 3 is 2.80 bits per heavy atom. The van der Waals surface area contributed by atoms with Crippen molar-refractivity contribution in [1.29, 1.82) is 0 Å². The van der Waals surface area contributed by atoms with Crippen molar-refractivity contribution in [2.24, 2.45) is 0 Å². The van der Waals surface area contributed by atoms with Crippen LogP contribution in [0.1, 0.15) is 41.6 Å². The predicted octanol–water partition coefficient (Wildman–Crippen LogP) is 3.69. The zero-order valence-corrected chi connectivity index (χ0v) is 14.8. The van der Waals surface area contributed by atoms with Crippen LogP contribution in [0, 0.1) is 0 Å². The summed E-state index contributed by atoms with van der Waals surface area (Å²) in [5.41, 5.74) is 3.63. The maximum Gasteiger partial charge on any atom is 0.251 e. The number of carbonyl (C=O) groups excluding carboxylic acids is 1. The molecule has 1 atom stereocenters. The molecule has 1 amide bonds. The van der Waals surface area contributed by atoms with Gasteiger partial charge in [0.15, 0.2) is 0 Å². The summed E-state index contributed by atoms with van der Waals surface area (Å²) in [6, 6.07) is 15.3. The lowest BCUT2D eigenvalue weighted by Crippen LogP contribution is -2.28. The van der Waals surface area contributed by atoms with Gasteiger partial charge in [-0.15, -0.1) is 0 Å². The first-order valence-corrected chi connectivity index (χ1v) is 8.48. The molecule has 0 radical (unpaired) electrons. The molecule has 0 unspecified atom stereocenters. The van der Waals surface area contributed by atoms with Crippen molar-refractivity contribution in [3.05, 3.63) is 65.5 Å². The molecule has 1 aromatic heterocycles. The zero-order chi connectivity index (χ0) is 17.8. The van der Waals surface area contributed by atoms with Gasteiger partial charge in [-0.3, -0.25) is 4.79 Å². The molecule has 0 saturated heterocycles. The van der Waals surface area contributed by atoms with Gasteiger partial charge in [-0.05, 0) is 43.7 Å². The van der Waals surface area contributed by atoms with Crippen LogP contribution < -0.4 is 5.32 Å². The minimum Gasteiger partial charge on any atom is -0.380 e. The lowest BCUT2D eigenvalue weighted by atomic mass is 10.1. The summed E-state index contributed by atoms with van der Waals surface area (Å²) in [6.45, 7) is 5.34. The second kappa shape index (κ2) is 7.49. The van der Waals surface area contributed by atoms with Gasteiger partial charge in [0.05, 0.1) is 23.7 Å². The van der Waals surface area contributed by atoms with Gasteiger partial charge >= 0.3 is 0 Å². The van der Waals surface area contributed by atoms with Gasteiger partial charge in [0, 0.05) is 19.2 Å². The number of rotatable bonds is 6. The number of aromatic nitrogens is 2. The van der Waals surface area contributed by atoms with E-state index in [4.69, 9.17) is 9.72 Å². The van der Waals surface area contributed by atoms with Crippen LogP contribution in [-0.4, -0.2) is 22.6 Å². The number of nitrogens with zero attached hydrogens (tertiary/aromatic N) is 2. The fourth-order valence-electron chi connectivity index (χ4n) is 3.07. The Labute approximate surface area is 147 Å². The molecular formula is C20H23N3O2. The molecule has 0 aliphatic heterocycles. The smallest absolute Gasteiger partial charge is 0.251 e. The van der Waals surface area contributed by atoms with Crippen LogP contribution in [0.3, 0.4) is 0 Å². The van der Waals surface area contributed by atoms with Crippen molar-refractivity contribution in [3.63, 3.8) is 0 Å². The average Bonchev–Trinajstić information content (AvgIpc) is 3.01. The standard InChI is InChI=1S/C20H23N3O2/c1-4-23-18-11-6-5-10-17(18)22-19(23)14(2)21-20(24)16-9-7-8-15(12-16)13-25-3/h5-12,14H,4,13H2,1-3H3,(H,21,24)/t14-/m0/s1. The summed E-state index contributed by atoms with van der Waals surface area (Å²) in [5.74, 6) is 0.755. The second-order valence-corrected chi connectivity index (χ2v) is 6.03. The van der Waals surface area contributed by atoms with Gasteiger partial charge < -0.3 is 14.6 Å². The van der Waals surface area contributed by atoms with Crippen LogP contribution in [0.5, 0.6) is 0 Å². The van der Waals surface area contributed by atoms with Gasteiger partial charge in [0.25, 0.3) is 5.91 Å². The molecule has 3 aromatic rings. The molecule has 1 N–H and O–H groups in total. The number of aryl methyl sites for hydroxylation is 1. The summed E-state index contributed by atoms with van der Waals surface area (Å²) in [5, 5.41) is 3.05. The summed E-state index contributed by atoms with van der Waals surface area (Å²) in [7, 11) is 1.64. The van der Waals surface area contributed by atoms with Gasteiger partial charge in [0.1, 0.15) is 5.82 Å². The third-order valence-electron chi connectivity index (χ3n) is 4.24. The quantitative estimate of drug-likeness (QED) is 0.746. The van der Waals surface area contributed by atoms with Crippen LogP contribution >= 0.6 is 0 Å². The molecular weight excluding hydrogens is 314 g/mol. The van der Waals surface area contributed by atoms with Gasteiger partial charge in [0.2, 0.25) is 0 Å². The first-order valence-electron chi connectivity index (χ1n) is 8.48. The summed E-state index contributed by atoms with van der Waals surface area (Å²) < 4.78 is 7.27. The third kappa shape index (κ3) is 3.56. The van der Waals surface area contributed by atoms with Crippen LogP contribution in [0.15, 0.2) is 48.5 Å². The first-order chi connectivity index (χ1) is 12.1. The van der Waals surface area contributed by atoms with Crippen molar-refractivity contribution >= 4 is 16.9 Å². The monoisotopic (exact) mass is 337 g/mol. The number of nitrogens with one attached hydrogen (secondary N) is 1. The van der Waals surface area contributed by atoms with E-state index in [0.29, 0.717) is 12.2 Å². The van der Waals surface area contributed by atoms with Crippen LogP contribution in [-0.2, 0) is 17.9 Å². The topological polar surface area (TPSA) is 56.2 Å². The molecule has 3 rings (SSSR count). The minimum absolute atomic E-state index is 0.111. The molecule has 0 saturated carbocycles. The molecule has 2 aromatic carbocycles. The maximum absolute atomic E-state index is 12.6. The second-order valence-electron chi connectivity index (χ2n) is 6.03. The molecule has 0 fully saturated rings. The summed E-state index contributed by atoms with van der Waals surface area (Å²) in [4.78, 5) is 17.3. The number of amides is 1. The van der Waals surface area contributed by atoms with E-state index < -0.39 is 0 Å². The van der Waals surface area contributed by atoms with Gasteiger partial charge in [-0.1, -0.05) is 24.3 Å². The van der Waals surface area contributed by atoms with Crippen molar-refractivity contribution in [3.8, 4) is 0 Å². The highest BCUT2D eigenvalue weighted by Gasteiger charge is 2.18. The Hall–Kier alpha value is -2.66. The highest BCUT2D eigenvalue weighted by Crippen LogP contribution is 2.21. The largest absolute Gasteiger partial charge is 0.380 e. The SMILES string of the molecule is CCn1c([C@H](C)NC(=O)c2cccc(COC)c2)nc2ccccc21. The summed E-state index contributed by atoms with van der Waals surface area (Å²) >= 11 is 0. The van der Waals surface area contributed by atoms with Crippen LogP contribution in [0.4, 0.5) is 0 Å². The van der Waals surface area contributed by atoms with Crippen molar-refractivity contribution < 1.29 is 9.53 Å². The van der Waals surface area contributed by atoms with E-state index in [1.807, 2.05) is 49.4 Å². The van der Waals surface area contributed by atoms with Crippen LogP contribution in [0.25, 0.3) is 11.0 Å². The van der Waals surface area contributed by atoms with E-state index in [1.54, 1.807) is 7.11 Å². The van der Waals surface area contributed by atoms with Crippen molar-refractivity contribution in [2.75, 3.05) is 7.11 Å². The molecule has 0 bridgehead atoms. The highest BCUT2D eigenvalue weighted by atomic mass is 16.5. The lowest BCUT2D eigenvalue weighted by Gasteiger charge is -2.15. The number of methoxy groups -OCH3 is 1. The normalized spacial score (nSPS) is 12.3. The minimum atomic E-state index is -0.189. The zero-order valence-electron chi connectivity index (χ0n) is 14.8. The van der Waals surface area contributed by atoms with E-state index in [2.05, 4.69) is 22.9 Å². The number of benzene rings is 2. The molecule has 0 aliphatic carbocycles.